The molecule has 0 radical (unpaired) electrons. The molecular formula is C26H28N2O4S. The molecule has 2 aromatic carbocycles. The monoisotopic (exact) mass is 464 g/mol. The molecule has 0 bridgehead atoms. The maximum Gasteiger partial charge on any atom is 0.264 e. The molecule has 7 heteroatoms. The van der Waals surface area contributed by atoms with Crippen LogP contribution in [0.15, 0.2) is 54.6 Å². The van der Waals surface area contributed by atoms with E-state index in [1.165, 1.54) is 0 Å². The second kappa shape index (κ2) is 9.85. The van der Waals surface area contributed by atoms with Crippen LogP contribution in [0.25, 0.3) is 11.1 Å². The molecule has 2 aliphatic rings. The minimum absolute atomic E-state index is 0.0357. The maximum absolute atomic E-state index is 13.6. The molecule has 0 atom stereocenters. The predicted molar refractivity (Wildman–Crippen MR) is 131 cm³/mol. The van der Waals surface area contributed by atoms with Gasteiger partial charge in [0, 0.05) is 37.3 Å². The number of nitrogens with zero attached hydrogens (tertiary/aromatic N) is 2. The molecule has 3 heterocycles. The van der Waals surface area contributed by atoms with Gasteiger partial charge in [0.25, 0.3) is 5.91 Å². The van der Waals surface area contributed by atoms with Gasteiger partial charge in [0.05, 0.1) is 23.1 Å². The molecule has 33 heavy (non-hydrogen) atoms. The molecular weight excluding hydrogens is 436 g/mol. The van der Waals surface area contributed by atoms with Gasteiger partial charge in [0.1, 0.15) is 13.2 Å². The van der Waals surface area contributed by atoms with Crippen molar-refractivity contribution in [3.63, 3.8) is 0 Å². The van der Waals surface area contributed by atoms with Crippen molar-refractivity contribution in [1.29, 1.82) is 0 Å². The smallest absolute Gasteiger partial charge is 0.264 e. The Morgan fingerprint density at radius 3 is 2.58 bits per heavy atom. The second-order valence-electron chi connectivity index (χ2n) is 8.06. The number of morpholine rings is 1. The van der Waals surface area contributed by atoms with Crippen molar-refractivity contribution in [2.75, 3.05) is 51.0 Å². The summed E-state index contributed by atoms with van der Waals surface area (Å²) in [5.41, 5.74) is 3.20. The summed E-state index contributed by atoms with van der Waals surface area (Å²) in [5.74, 6) is 1.54. The highest BCUT2D eigenvalue weighted by molar-refractivity contribution is 7.18. The zero-order valence-electron chi connectivity index (χ0n) is 18.8. The maximum atomic E-state index is 13.6. The lowest BCUT2D eigenvalue weighted by Crippen LogP contribution is -2.35. The van der Waals surface area contributed by atoms with Gasteiger partial charge >= 0.3 is 0 Å². The zero-order valence-corrected chi connectivity index (χ0v) is 19.6. The Bertz CT molecular complexity index is 1110. The third-order valence-electron chi connectivity index (χ3n) is 5.98. The van der Waals surface area contributed by atoms with Crippen LogP contribution < -0.4 is 14.4 Å². The quantitative estimate of drug-likeness (QED) is 0.530. The molecule has 0 unspecified atom stereocenters. The SMILES string of the molecule is CCN(Cc1cccc2c1OCCO2)C(=O)c1cc(-c2ccccc2)c(N2CCOCC2)s1. The van der Waals surface area contributed by atoms with Crippen molar-refractivity contribution in [2.24, 2.45) is 0 Å². The van der Waals surface area contributed by atoms with Crippen LogP contribution in [0.4, 0.5) is 5.00 Å². The number of thiophene rings is 1. The molecule has 1 saturated heterocycles. The number of rotatable bonds is 6. The van der Waals surface area contributed by atoms with E-state index >= 15 is 0 Å². The summed E-state index contributed by atoms with van der Waals surface area (Å²) in [6.45, 7) is 7.25. The molecule has 1 fully saturated rings. The Hall–Kier alpha value is -3.03. The Morgan fingerprint density at radius 2 is 1.79 bits per heavy atom. The van der Waals surface area contributed by atoms with E-state index < -0.39 is 0 Å². The molecule has 1 amide bonds. The number of fused-ring (bicyclic) bond motifs is 1. The Balaban J connectivity index is 1.45. The predicted octanol–water partition coefficient (Wildman–Crippen LogP) is 4.69. The third kappa shape index (κ3) is 4.56. The zero-order chi connectivity index (χ0) is 22.6. The summed E-state index contributed by atoms with van der Waals surface area (Å²) >= 11 is 1.58. The van der Waals surface area contributed by atoms with Crippen LogP contribution in [0.5, 0.6) is 11.5 Å². The third-order valence-corrected chi connectivity index (χ3v) is 7.17. The van der Waals surface area contributed by atoms with Gasteiger partial charge in [-0.1, -0.05) is 42.5 Å². The van der Waals surface area contributed by atoms with Gasteiger partial charge in [-0.05, 0) is 24.6 Å². The fourth-order valence-corrected chi connectivity index (χ4v) is 5.46. The Labute approximate surface area is 198 Å². The van der Waals surface area contributed by atoms with E-state index in [1.807, 2.05) is 48.2 Å². The van der Waals surface area contributed by atoms with Gasteiger partial charge < -0.3 is 24.0 Å². The van der Waals surface area contributed by atoms with Crippen LogP contribution >= 0.6 is 11.3 Å². The van der Waals surface area contributed by atoms with E-state index in [-0.39, 0.29) is 5.91 Å². The van der Waals surface area contributed by atoms with E-state index in [1.54, 1.807) is 11.3 Å². The van der Waals surface area contributed by atoms with Crippen LogP contribution in [-0.2, 0) is 11.3 Å². The number of benzene rings is 2. The number of carbonyl (C=O) groups excluding carboxylic acids is 1. The molecule has 1 aromatic heterocycles. The molecule has 2 aliphatic heterocycles. The van der Waals surface area contributed by atoms with Crippen LogP contribution in [-0.4, -0.2) is 56.9 Å². The van der Waals surface area contributed by atoms with Gasteiger partial charge in [0.2, 0.25) is 0 Å². The topological polar surface area (TPSA) is 51.2 Å². The van der Waals surface area contributed by atoms with E-state index in [0.29, 0.717) is 39.5 Å². The minimum atomic E-state index is 0.0357. The first kappa shape index (κ1) is 21.8. The number of hydrogen-bond acceptors (Lipinski definition) is 6. The average Bonchev–Trinajstić information content (AvgIpc) is 3.34. The van der Waals surface area contributed by atoms with Crippen molar-refractivity contribution in [3.05, 3.63) is 65.0 Å². The summed E-state index contributed by atoms with van der Waals surface area (Å²) in [7, 11) is 0. The lowest BCUT2D eigenvalue weighted by atomic mass is 10.1. The minimum Gasteiger partial charge on any atom is -0.486 e. The first-order chi connectivity index (χ1) is 16.2. The average molecular weight is 465 g/mol. The van der Waals surface area contributed by atoms with Gasteiger partial charge in [-0.2, -0.15) is 0 Å². The lowest BCUT2D eigenvalue weighted by Gasteiger charge is -2.28. The van der Waals surface area contributed by atoms with Crippen molar-refractivity contribution < 1.29 is 19.0 Å². The summed E-state index contributed by atoms with van der Waals surface area (Å²) in [6.07, 6.45) is 0. The molecule has 0 aliphatic carbocycles. The van der Waals surface area contributed by atoms with Crippen LogP contribution in [0.1, 0.15) is 22.2 Å². The van der Waals surface area contributed by atoms with Crippen molar-refractivity contribution in [2.45, 2.75) is 13.5 Å². The van der Waals surface area contributed by atoms with Crippen LogP contribution in [0, 0.1) is 0 Å². The fraction of sp³-hybridized carbons (Fsp3) is 0.346. The second-order valence-corrected chi connectivity index (χ2v) is 9.09. The summed E-state index contributed by atoms with van der Waals surface area (Å²) in [6, 6.07) is 18.2. The van der Waals surface area contributed by atoms with E-state index in [4.69, 9.17) is 14.2 Å². The summed E-state index contributed by atoms with van der Waals surface area (Å²) in [5, 5.41) is 1.14. The number of para-hydroxylation sites is 1. The first-order valence-corrected chi connectivity index (χ1v) is 12.2. The first-order valence-electron chi connectivity index (χ1n) is 11.4. The molecule has 5 rings (SSSR count). The summed E-state index contributed by atoms with van der Waals surface area (Å²) in [4.78, 5) is 18.6. The fourth-order valence-electron chi connectivity index (χ4n) is 4.26. The molecule has 6 nitrogen and oxygen atoms in total. The Kier molecular flexibility index (Phi) is 6.51. The normalized spacial score (nSPS) is 15.4. The largest absolute Gasteiger partial charge is 0.486 e. The highest BCUT2D eigenvalue weighted by Gasteiger charge is 2.25. The summed E-state index contributed by atoms with van der Waals surface area (Å²) < 4.78 is 17.1. The molecule has 0 spiro atoms. The van der Waals surface area contributed by atoms with E-state index in [0.717, 1.165) is 51.2 Å². The van der Waals surface area contributed by atoms with Crippen LogP contribution in [0.3, 0.4) is 0 Å². The molecule has 0 saturated carbocycles. The number of hydrogen-bond donors (Lipinski definition) is 0. The van der Waals surface area contributed by atoms with Gasteiger partial charge in [-0.25, -0.2) is 0 Å². The number of anilines is 1. The number of ether oxygens (including phenoxy) is 3. The van der Waals surface area contributed by atoms with Crippen LogP contribution in [0.2, 0.25) is 0 Å². The Morgan fingerprint density at radius 1 is 1.00 bits per heavy atom. The molecule has 172 valence electrons. The molecule has 3 aromatic rings. The van der Waals surface area contributed by atoms with Crippen molar-refractivity contribution >= 4 is 22.2 Å². The van der Waals surface area contributed by atoms with Crippen molar-refractivity contribution in [1.82, 2.24) is 4.90 Å². The standard InChI is InChI=1S/C26H28N2O4S/c1-2-27(18-20-9-6-10-22-24(20)32-16-15-31-22)25(29)23-17-21(19-7-4-3-5-8-19)26(33-23)28-11-13-30-14-12-28/h3-10,17H,2,11-16,18H2,1H3. The van der Waals surface area contributed by atoms with E-state index in [9.17, 15) is 4.79 Å². The number of carbonyl (C=O) groups is 1. The van der Waals surface area contributed by atoms with Crippen molar-refractivity contribution in [3.8, 4) is 22.6 Å². The van der Waals surface area contributed by atoms with Gasteiger partial charge in [0.15, 0.2) is 11.5 Å². The molecule has 0 N–H and O–H groups in total. The van der Waals surface area contributed by atoms with E-state index in [2.05, 4.69) is 23.1 Å². The number of amides is 1. The van der Waals surface area contributed by atoms with Gasteiger partial charge in [-0.3, -0.25) is 4.79 Å². The lowest BCUT2D eigenvalue weighted by molar-refractivity contribution is 0.0754. The van der Waals surface area contributed by atoms with Gasteiger partial charge in [-0.15, -0.1) is 11.3 Å². The highest BCUT2D eigenvalue weighted by Crippen LogP contribution is 2.40. The highest BCUT2D eigenvalue weighted by atomic mass is 32.1.